The molecule has 1 unspecified atom stereocenters. The van der Waals surface area contributed by atoms with Crippen molar-refractivity contribution in [3.05, 3.63) is 94.7 Å². The maximum Gasteiger partial charge on any atom is 0.241 e. The number of nitrogens with zero attached hydrogens (tertiary/aromatic N) is 1. The van der Waals surface area contributed by atoms with Crippen LogP contribution in [0.15, 0.2) is 88.4 Å². The van der Waals surface area contributed by atoms with Gasteiger partial charge in [-0.1, -0.05) is 58.4 Å². The van der Waals surface area contributed by atoms with Crippen LogP contribution in [0.5, 0.6) is 0 Å². The van der Waals surface area contributed by atoms with Gasteiger partial charge in [-0.2, -0.15) is 4.72 Å². The second kappa shape index (κ2) is 7.25. The molecule has 24 heavy (non-hydrogen) atoms. The zero-order chi connectivity index (χ0) is 17.0. The first-order valence-corrected chi connectivity index (χ1v) is 9.58. The first-order chi connectivity index (χ1) is 11.6. The predicted molar refractivity (Wildman–Crippen MR) is 97.0 cm³/mol. The van der Waals surface area contributed by atoms with Gasteiger partial charge in [0.25, 0.3) is 0 Å². The van der Waals surface area contributed by atoms with Crippen LogP contribution < -0.4 is 4.72 Å². The standard InChI is InChI=1S/C18H15BrN2O2S/c19-15-9-6-10-16(13-15)24(22,23)21-18(14-7-2-1-3-8-14)17-11-4-5-12-20-17/h1-13,18,21H. The molecule has 1 aromatic heterocycles. The summed E-state index contributed by atoms with van der Waals surface area (Å²) in [4.78, 5) is 4.52. The fourth-order valence-electron chi connectivity index (χ4n) is 2.35. The van der Waals surface area contributed by atoms with E-state index in [0.29, 0.717) is 10.2 Å². The van der Waals surface area contributed by atoms with Crippen LogP contribution in [0.4, 0.5) is 0 Å². The molecule has 6 heteroatoms. The Morgan fingerprint density at radius 2 is 1.67 bits per heavy atom. The van der Waals surface area contributed by atoms with Gasteiger partial charge in [0.2, 0.25) is 10.0 Å². The fourth-order valence-corrected chi connectivity index (χ4v) is 4.14. The molecule has 0 radical (unpaired) electrons. The van der Waals surface area contributed by atoms with E-state index in [1.54, 1.807) is 42.6 Å². The fraction of sp³-hybridized carbons (Fsp3) is 0.0556. The van der Waals surface area contributed by atoms with Crippen LogP contribution >= 0.6 is 15.9 Å². The molecule has 122 valence electrons. The molecule has 0 fully saturated rings. The van der Waals surface area contributed by atoms with Crippen molar-refractivity contribution in [1.82, 2.24) is 9.71 Å². The maximum absolute atomic E-state index is 12.8. The molecule has 0 spiro atoms. The minimum atomic E-state index is -3.70. The van der Waals surface area contributed by atoms with Gasteiger partial charge in [-0.25, -0.2) is 8.42 Å². The van der Waals surface area contributed by atoms with E-state index in [2.05, 4.69) is 25.6 Å². The van der Waals surface area contributed by atoms with E-state index in [1.807, 2.05) is 36.4 Å². The van der Waals surface area contributed by atoms with Gasteiger partial charge >= 0.3 is 0 Å². The van der Waals surface area contributed by atoms with E-state index in [0.717, 1.165) is 5.56 Å². The average Bonchev–Trinajstić information content (AvgIpc) is 2.61. The van der Waals surface area contributed by atoms with Gasteiger partial charge in [0.15, 0.2) is 0 Å². The summed E-state index contributed by atoms with van der Waals surface area (Å²) in [6.07, 6.45) is 1.65. The number of hydrogen-bond donors (Lipinski definition) is 1. The molecule has 0 aliphatic rings. The number of sulfonamides is 1. The summed E-state index contributed by atoms with van der Waals surface area (Å²) in [6, 6.07) is 20.9. The maximum atomic E-state index is 12.8. The van der Waals surface area contributed by atoms with Gasteiger partial charge in [-0.15, -0.1) is 0 Å². The Morgan fingerprint density at radius 3 is 2.33 bits per heavy atom. The van der Waals surface area contributed by atoms with Crippen molar-refractivity contribution in [2.45, 2.75) is 10.9 Å². The lowest BCUT2D eigenvalue weighted by Crippen LogP contribution is -2.30. The van der Waals surface area contributed by atoms with E-state index in [9.17, 15) is 8.42 Å². The summed E-state index contributed by atoms with van der Waals surface area (Å²) in [5.74, 6) is 0. The largest absolute Gasteiger partial charge is 0.259 e. The molecule has 3 aromatic rings. The molecule has 0 aliphatic carbocycles. The minimum Gasteiger partial charge on any atom is -0.259 e. The molecule has 1 atom stereocenters. The molecule has 0 aliphatic heterocycles. The van der Waals surface area contributed by atoms with Gasteiger partial charge in [0.05, 0.1) is 16.6 Å². The molecule has 1 heterocycles. The Bertz CT molecular complexity index is 877. The third-order valence-corrected chi connectivity index (χ3v) is 5.41. The number of rotatable bonds is 5. The zero-order valence-electron chi connectivity index (χ0n) is 12.6. The summed E-state index contributed by atoms with van der Waals surface area (Å²) in [6.45, 7) is 0. The quantitative estimate of drug-likeness (QED) is 0.703. The molecule has 3 rings (SSSR count). The monoisotopic (exact) mass is 402 g/mol. The van der Waals surface area contributed by atoms with Crippen LogP contribution in [0.1, 0.15) is 17.3 Å². The first kappa shape index (κ1) is 16.8. The molecule has 2 aromatic carbocycles. The second-order valence-corrected chi connectivity index (χ2v) is 7.81. The third-order valence-electron chi connectivity index (χ3n) is 3.50. The van der Waals surface area contributed by atoms with Gasteiger partial charge in [0, 0.05) is 10.7 Å². The SMILES string of the molecule is O=S(=O)(NC(c1ccccc1)c1ccccn1)c1cccc(Br)c1. The number of pyridine rings is 1. The molecule has 4 nitrogen and oxygen atoms in total. The number of halogens is 1. The van der Waals surface area contributed by atoms with Crippen molar-refractivity contribution in [3.8, 4) is 0 Å². The Balaban J connectivity index is 2.01. The smallest absolute Gasteiger partial charge is 0.241 e. The number of benzene rings is 2. The van der Waals surface area contributed by atoms with Crippen LogP contribution in [-0.4, -0.2) is 13.4 Å². The van der Waals surface area contributed by atoms with E-state index in [-0.39, 0.29) is 4.90 Å². The normalized spacial score (nSPS) is 12.7. The summed E-state index contributed by atoms with van der Waals surface area (Å²) in [7, 11) is -3.70. The Morgan fingerprint density at radius 1 is 0.917 bits per heavy atom. The van der Waals surface area contributed by atoms with E-state index in [1.165, 1.54) is 0 Å². The van der Waals surface area contributed by atoms with Crippen LogP contribution in [0.2, 0.25) is 0 Å². The number of hydrogen-bond acceptors (Lipinski definition) is 3. The Kier molecular flexibility index (Phi) is 5.08. The van der Waals surface area contributed by atoms with Gasteiger partial charge < -0.3 is 0 Å². The lowest BCUT2D eigenvalue weighted by Gasteiger charge is -2.19. The van der Waals surface area contributed by atoms with Gasteiger partial charge in [-0.05, 0) is 35.9 Å². The van der Waals surface area contributed by atoms with E-state index >= 15 is 0 Å². The summed E-state index contributed by atoms with van der Waals surface area (Å²) < 4.78 is 29.0. The predicted octanol–water partition coefficient (Wildman–Crippen LogP) is 3.91. The highest BCUT2D eigenvalue weighted by Gasteiger charge is 2.23. The molecular weight excluding hydrogens is 388 g/mol. The highest BCUT2D eigenvalue weighted by Crippen LogP contribution is 2.24. The molecule has 0 bridgehead atoms. The van der Waals surface area contributed by atoms with E-state index < -0.39 is 16.1 Å². The number of nitrogens with one attached hydrogen (secondary N) is 1. The second-order valence-electron chi connectivity index (χ2n) is 5.18. The molecular formula is C18H15BrN2O2S. The van der Waals surface area contributed by atoms with Crippen LogP contribution in [0.3, 0.4) is 0 Å². The first-order valence-electron chi connectivity index (χ1n) is 7.30. The highest BCUT2D eigenvalue weighted by molar-refractivity contribution is 9.10. The Hall–Kier alpha value is -2.02. The average molecular weight is 403 g/mol. The van der Waals surface area contributed by atoms with Crippen LogP contribution in [0, 0.1) is 0 Å². The van der Waals surface area contributed by atoms with Crippen LogP contribution in [-0.2, 0) is 10.0 Å². The van der Waals surface area contributed by atoms with Crippen molar-refractivity contribution in [1.29, 1.82) is 0 Å². The summed E-state index contributed by atoms with van der Waals surface area (Å²) in [5.41, 5.74) is 1.47. The van der Waals surface area contributed by atoms with Crippen molar-refractivity contribution in [2.24, 2.45) is 0 Å². The molecule has 0 saturated heterocycles. The molecule has 0 amide bonds. The van der Waals surface area contributed by atoms with Crippen molar-refractivity contribution in [3.63, 3.8) is 0 Å². The summed E-state index contributed by atoms with van der Waals surface area (Å²) >= 11 is 3.31. The molecule has 0 saturated carbocycles. The lowest BCUT2D eigenvalue weighted by molar-refractivity contribution is 0.570. The third kappa shape index (κ3) is 3.90. The van der Waals surface area contributed by atoms with Gasteiger partial charge in [0.1, 0.15) is 0 Å². The topological polar surface area (TPSA) is 59.1 Å². The van der Waals surface area contributed by atoms with Gasteiger partial charge in [-0.3, -0.25) is 4.98 Å². The highest BCUT2D eigenvalue weighted by atomic mass is 79.9. The van der Waals surface area contributed by atoms with Crippen molar-refractivity contribution < 1.29 is 8.42 Å². The van der Waals surface area contributed by atoms with Crippen molar-refractivity contribution in [2.75, 3.05) is 0 Å². The Labute approximate surface area is 149 Å². The van der Waals surface area contributed by atoms with Crippen molar-refractivity contribution >= 4 is 26.0 Å². The molecule has 1 N–H and O–H groups in total. The lowest BCUT2D eigenvalue weighted by atomic mass is 10.0. The van der Waals surface area contributed by atoms with E-state index in [4.69, 9.17) is 0 Å². The zero-order valence-corrected chi connectivity index (χ0v) is 15.0. The van der Waals surface area contributed by atoms with Crippen LogP contribution in [0.25, 0.3) is 0 Å². The minimum absolute atomic E-state index is 0.203. The summed E-state index contributed by atoms with van der Waals surface area (Å²) in [5, 5.41) is 0. The number of aromatic nitrogens is 1.